The number of fused-ring (bicyclic) bond motifs is 1. The number of aliphatic hydroxyl groups is 2. The number of hydrogen-bond donors (Lipinski definition) is 4. The lowest BCUT2D eigenvalue weighted by Crippen LogP contribution is -2.43. The highest BCUT2D eigenvalue weighted by molar-refractivity contribution is 6.32. The number of aliphatic hydroxyl groups excluding tert-OH is 2. The number of ether oxygens (including phenoxy) is 1. The fourth-order valence-corrected chi connectivity index (χ4v) is 3.40. The van der Waals surface area contributed by atoms with Gasteiger partial charge in [-0.1, -0.05) is 17.5 Å². The zero-order valence-corrected chi connectivity index (χ0v) is 14.2. The van der Waals surface area contributed by atoms with Gasteiger partial charge in [-0.2, -0.15) is 4.98 Å². The van der Waals surface area contributed by atoms with Crippen molar-refractivity contribution in [3.05, 3.63) is 22.4 Å². The summed E-state index contributed by atoms with van der Waals surface area (Å²) >= 11 is 11.9. The van der Waals surface area contributed by atoms with Crippen molar-refractivity contribution in [3.63, 3.8) is 0 Å². The molecule has 1 fully saturated rings. The van der Waals surface area contributed by atoms with E-state index in [1.54, 1.807) is 0 Å². The highest BCUT2D eigenvalue weighted by Crippen LogP contribution is 2.45. The predicted molar refractivity (Wildman–Crippen MR) is 88.5 cm³/mol. The molecule has 11 heteroatoms. The summed E-state index contributed by atoms with van der Waals surface area (Å²) in [5.74, 6) is 1.28. The minimum Gasteiger partial charge on any atom is -0.391 e. The molecule has 1 aliphatic rings. The Kier molecular flexibility index (Phi) is 4.43. The maximum atomic E-state index is 14.2. The lowest BCUT2D eigenvalue weighted by atomic mass is 9.97. The van der Waals surface area contributed by atoms with Crippen molar-refractivity contribution >= 4 is 40.2 Å². The molecule has 0 amide bonds. The Morgan fingerprint density at radius 1 is 1.64 bits per heavy atom. The first-order chi connectivity index (χ1) is 11.7. The summed E-state index contributed by atoms with van der Waals surface area (Å²) in [6, 6.07) is 0. The van der Waals surface area contributed by atoms with Crippen molar-refractivity contribution in [1.82, 2.24) is 14.5 Å². The van der Waals surface area contributed by atoms with Crippen molar-refractivity contribution in [2.45, 2.75) is 36.3 Å². The van der Waals surface area contributed by atoms with E-state index in [2.05, 4.69) is 21.3 Å². The monoisotopic (exact) mass is 390 g/mol. The van der Waals surface area contributed by atoms with Gasteiger partial charge in [0.05, 0.1) is 6.10 Å². The van der Waals surface area contributed by atoms with Crippen LogP contribution in [0.25, 0.3) is 11.0 Å². The van der Waals surface area contributed by atoms with Crippen LogP contribution in [0.5, 0.6) is 0 Å². The van der Waals surface area contributed by atoms with Crippen LogP contribution in [-0.4, -0.2) is 47.9 Å². The second-order valence-corrected chi connectivity index (χ2v) is 6.47. The summed E-state index contributed by atoms with van der Waals surface area (Å²) in [7, 11) is 0. The molecule has 0 aliphatic carbocycles. The molecule has 5 N–H and O–H groups in total. The lowest BCUT2D eigenvalue weighted by molar-refractivity contribution is -0.0752. The molecule has 5 atom stereocenters. The van der Waals surface area contributed by atoms with Crippen LogP contribution in [0.4, 0.5) is 10.3 Å². The van der Waals surface area contributed by atoms with Crippen molar-refractivity contribution in [1.29, 1.82) is 0 Å². The smallest absolute Gasteiger partial charge is 0.264 e. The van der Waals surface area contributed by atoms with Crippen molar-refractivity contribution in [2.75, 3.05) is 5.73 Å². The Bertz CT molecular complexity index is 950. The maximum Gasteiger partial charge on any atom is 0.264 e. The first-order valence-corrected chi connectivity index (χ1v) is 7.85. The normalized spacial score (nSPS) is 30.2. The van der Waals surface area contributed by atoms with Crippen LogP contribution in [-0.2, 0) is 4.74 Å². The van der Waals surface area contributed by atoms with Gasteiger partial charge in [0.25, 0.3) is 5.56 Å². The fourth-order valence-electron chi connectivity index (χ4n) is 2.87. The molecule has 3 heterocycles. The highest BCUT2D eigenvalue weighted by Gasteiger charge is 2.57. The SMILES string of the molecule is C[C@H](O)[C@H]1O[C@@H](n2cc(F)c3c(=O)[nH]c(N)nc32)C(Cl)(C#CCl)C1O. The first kappa shape index (κ1) is 18.0. The van der Waals surface area contributed by atoms with Gasteiger partial charge in [-0.25, -0.2) is 4.39 Å². The molecule has 0 spiro atoms. The number of halogens is 3. The van der Waals surface area contributed by atoms with Gasteiger partial charge < -0.3 is 20.7 Å². The minimum absolute atomic E-state index is 0.149. The molecule has 134 valence electrons. The Morgan fingerprint density at radius 2 is 2.32 bits per heavy atom. The Hall–Kier alpha value is -1.83. The van der Waals surface area contributed by atoms with Crippen LogP contribution in [0.3, 0.4) is 0 Å². The number of rotatable bonds is 2. The van der Waals surface area contributed by atoms with E-state index in [0.29, 0.717) is 0 Å². The van der Waals surface area contributed by atoms with E-state index in [-0.39, 0.29) is 17.0 Å². The van der Waals surface area contributed by atoms with Gasteiger partial charge in [0.2, 0.25) is 5.95 Å². The average Bonchev–Trinajstić information content (AvgIpc) is 2.96. The quantitative estimate of drug-likeness (QED) is 0.430. The molecule has 0 radical (unpaired) electrons. The number of nitrogens with zero attached hydrogens (tertiary/aromatic N) is 2. The van der Waals surface area contributed by atoms with E-state index in [4.69, 9.17) is 33.7 Å². The minimum atomic E-state index is -1.82. The van der Waals surface area contributed by atoms with Gasteiger partial charge >= 0.3 is 0 Å². The van der Waals surface area contributed by atoms with Crippen LogP contribution in [0.2, 0.25) is 0 Å². The van der Waals surface area contributed by atoms with Crippen LogP contribution in [0, 0.1) is 17.1 Å². The fraction of sp³-hybridized carbons (Fsp3) is 0.429. The molecule has 25 heavy (non-hydrogen) atoms. The molecule has 8 nitrogen and oxygen atoms in total. The number of nitrogens with two attached hydrogens (primary N) is 1. The lowest BCUT2D eigenvalue weighted by Gasteiger charge is -2.25. The molecule has 0 bridgehead atoms. The molecular formula is C14H13Cl2FN4O4. The summed E-state index contributed by atoms with van der Waals surface area (Å²) in [4.78, 5) is 16.2. The van der Waals surface area contributed by atoms with Gasteiger partial charge in [0, 0.05) is 11.6 Å². The summed E-state index contributed by atoms with van der Waals surface area (Å²) in [5.41, 5.74) is 4.58. The largest absolute Gasteiger partial charge is 0.391 e. The molecule has 2 aromatic heterocycles. The summed E-state index contributed by atoms with van der Waals surface area (Å²) in [6.45, 7) is 1.39. The molecule has 2 aromatic rings. The van der Waals surface area contributed by atoms with E-state index in [0.717, 1.165) is 10.8 Å². The van der Waals surface area contributed by atoms with Gasteiger partial charge in [0.1, 0.15) is 17.6 Å². The molecule has 0 saturated carbocycles. The van der Waals surface area contributed by atoms with Gasteiger partial charge in [0.15, 0.2) is 22.6 Å². The van der Waals surface area contributed by atoms with Crippen molar-refractivity contribution in [2.24, 2.45) is 0 Å². The Morgan fingerprint density at radius 3 is 2.92 bits per heavy atom. The molecule has 0 aromatic carbocycles. The maximum absolute atomic E-state index is 14.2. The molecule has 2 unspecified atom stereocenters. The second-order valence-electron chi connectivity index (χ2n) is 5.66. The second kappa shape index (κ2) is 6.16. The predicted octanol–water partition coefficient (Wildman–Crippen LogP) is 0.262. The number of anilines is 1. The van der Waals surface area contributed by atoms with E-state index in [9.17, 15) is 19.4 Å². The van der Waals surface area contributed by atoms with Gasteiger partial charge in [-0.05, 0) is 18.5 Å². The van der Waals surface area contributed by atoms with E-state index in [1.165, 1.54) is 6.92 Å². The van der Waals surface area contributed by atoms with E-state index < -0.39 is 40.8 Å². The van der Waals surface area contributed by atoms with E-state index >= 15 is 0 Å². The van der Waals surface area contributed by atoms with Crippen LogP contribution >= 0.6 is 23.2 Å². The summed E-state index contributed by atoms with van der Waals surface area (Å²) < 4.78 is 20.9. The highest BCUT2D eigenvalue weighted by atomic mass is 35.5. The molecular weight excluding hydrogens is 378 g/mol. The average molecular weight is 391 g/mol. The standard InChI is InChI=1S/C14H13Cl2FN4O4/c1-5(22)8-9(23)14(16,2-3-15)12(25-8)21-4-6(17)7-10(21)19-13(18)20-11(7)24/h4-5,8-9,12,22-23H,1H3,(H3,18,19,20,24)/t5-,8+,9?,12+,14?/m0/s1. The first-order valence-electron chi connectivity index (χ1n) is 7.09. The third kappa shape index (κ3) is 2.67. The molecule has 1 saturated heterocycles. The summed E-state index contributed by atoms with van der Waals surface area (Å²) in [5, 5.41) is 21.9. The molecule has 1 aliphatic heterocycles. The van der Waals surface area contributed by atoms with Gasteiger partial charge in [-0.3, -0.25) is 14.3 Å². The van der Waals surface area contributed by atoms with Crippen LogP contribution < -0.4 is 11.3 Å². The number of hydrogen-bond acceptors (Lipinski definition) is 6. The van der Waals surface area contributed by atoms with E-state index in [1.807, 2.05) is 0 Å². The van der Waals surface area contributed by atoms with Crippen LogP contribution in [0.1, 0.15) is 13.2 Å². The Labute approximate surface area is 150 Å². The number of nitrogen functional groups attached to an aromatic ring is 1. The van der Waals surface area contributed by atoms with Crippen LogP contribution in [0.15, 0.2) is 11.0 Å². The third-order valence-electron chi connectivity index (χ3n) is 4.01. The van der Waals surface area contributed by atoms with Crippen molar-refractivity contribution in [3.8, 4) is 11.3 Å². The number of aromatic amines is 1. The number of H-pyrrole nitrogens is 1. The van der Waals surface area contributed by atoms with Crippen molar-refractivity contribution < 1.29 is 19.3 Å². The number of alkyl halides is 1. The Balaban J connectivity index is 2.25. The van der Waals surface area contributed by atoms with Gasteiger partial charge in [-0.15, -0.1) is 0 Å². The zero-order chi connectivity index (χ0) is 18.5. The number of aromatic nitrogens is 3. The third-order valence-corrected chi connectivity index (χ3v) is 4.61. The topological polar surface area (TPSA) is 126 Å². The number of nitrogens with one attached hydrogen (secondary N) is 1. The molecule has 3 rings (SSSR count). The zero-order valence-electron chi connectivity index (χ0n) is 12.7. The summed E-state index contributed by atoms with van der Waals surface area (Å²) in [6.07, 6.45) is -4.05.